The molecule has 6 heteroatoms. The fraction of sp³-hybridized carbons (Fsp3) is 0.733. The number of hydrogen-bond acceptors (Lipinski definition) is 4. The molecule has 1 aromatic rings. The third-order valence-corrected chi connectivity index (χ3v) is 7.66. The molecule has 3 rings (SSSR count). The van der Waals surface area contributed by atoms with Gasteiger partial charge in [-0.3, -0.25) is 0 Å². The summed E-state index contributed by atoms with van der Waals surface area (Å²) in [4.78, 5) is 1.53. The third kappa shape index (κ3) is 3.33. The molecule has 1 saturated carbocycles. The van der Waals surface area contributed by atoms with Crippen LogP contribution in [0, 0.1) is 12.8 Å². The molecule has 2 fully saturated rings. The summed E-state index contributed by atoms with van der Waals surface area (Å²) in [5, 5.41) is 5.41. The third-order valence-electron chi connectivity index (χ3n) is 4.34. The van der Waals surface area contributed by atoms with E-state index in [0.717, 1.165) is 23.3 Å². The summed E-state index contributed by atoms with van der Waals surface area (Å²) in [6.45, 7) is 6.06. The highest BCUT2D eigenvalue weighted by Crippen LogP contribution is 2.32. The molecule has 1 N–H and O–H groups in total. The Bertz CT molecular complexity index is 605. The Balaban J connectivity index is 1.84. The van der Waals surface area contributed by atoms with Crippen molar-refractivity contribution in [2.75, 3.05) is 13.1 Å². The van der Waals surface area contributed by atoms with Gasteiger partial charge in [0.2, 0.25) is 10.0 Å². The first kappa shape index (κ1) is 15.5. The smallest absolute Gasteiger partial charge is 0.244 e. The van der Waals surface area contributed by atoms with Gasteiger partial charge in [-0.2, -0.15) is 4.31 Å². The first-order valence-corrected chi connectivity index (χ1v) is 10.1. The number of aryl methyl sites for hydroxylation is 1. The predicted molar refractivity (Wildman–Crippen MR) is 86.1 cm³/mol. The summed E-state index contributed by atoms with van der Waals surface area (Å²) in [7, 11) is -3.34. The summed E-state index contributed by atoms with van der Waals surface area (Å²) >= 11 is 1.57. The second-order valence-corrected chi connectivity index (χ2v) is 9.28. The first-order chi connectivity index (χ1) is 9.98. The Kier molecular flexibility index (Phi) is 4.41. The van der Waals surface area contributed by atoms with E-state index in [-0.39, 0.29) is 0 Å². The Hall–Kier alpha value is -0.430. The minimum Gasteiger partial charge on any atom is -0.309 e. The second-order valence-electron chi connectivity index (χ2n) is 6.44. The van der Waals surface area contributed by atoms with Crippen molar-refractivity contribution in [3.63, 3.8) is 0 Å². The molecule has 1 unspecified atom stereocenters. The van der Waals surface area contributed by atoms with Crippen molar-refractivity contribution >= 4 is 21.4 Å². The van der Waals surface area contributed by atoms with Gasteiger partial charge in [0.25, 0.3) is 0 Å². The van der Waals surface area contributed by atoms with Crippen LogP contribution in [0.3, 0.4) is 0 Å². The largest absolute Gasteiger partial charge is 0.309 e. The molecule has 0 radical (unpaired) electrons. The van der Waals surface area contributed by atoms with Crippen LogP contribution in [0.1, 0.15) is 43.0 Å². The number of nitrogens with zero attached hydrogens (tertiary/aromatic N) is 1. The van der Waals surface area contributed by atoms with E-state index in [1.807, 2.05) is 12.3 Å². The monoisotopic (exact) mass is 328 g/mol. The quantitative estimate of drug-likeness (QED) is 0.904. The summed E-state index contributed by atoms with van der Waals surface area (Å²) in [5.74, 6) is 0.459. The van der Waals surface area contributed by atoms with Crippen LogP contribution >= 0.6 is 11.3 Å². The van der Waals surface area contributed by atoms with Gasteiger partial charge in [-0.25, -0.2) is 8.42 Å². The molecule has 0 amide bonds. The summed E-state index contributed by atoms with van der Waals surface area (Å²) in [6, 6.07) is 0.595. The molecule has 0 aromatic carbocycles. The van der Waals surface area contributed by atoms with Gasteiger partial charge in [0.15, 0.2) is 0 Å². The lowest BCUT2D eigenvalue weighted by Crippen LogP contribution is -2.39. The number of thiophene rings is 1. The zero-order valence-corrected chi connectivity index (χ0v) is 14.4. The van der Waals surface area contributed by atoms with Crippen LogP contribution in [0.25, 0.3) is 0 Å². The van der Waals surface area contributed by atoms with Gasteiger partial charge in [0, 0.05) is 30.6 Å². The molecular formula is C15H24N2O2S2. The van der Waals surface area contributed by atoms with Crippen LogP contribution in [0.5, 0.6) is 0 Å². The van der Waals surface area contributed by atoms with Gasteiger partial charge in [-0.1, -0.05) is 6.92 Å². The van der Waals surface area contributed by atoms with Crippen LogP contribution in [0.4, 0.5) is 0 Å². The van der Waals surface area contributed by atoms with E-state index in [4.69, 9.17) is 0 Å². The Morgan fingerprint density at radius 1 is 1.38 bits per heavy atom. The highest BCUT2D eigenvalue weighted by atomic mass is 32.2. The second kappa shape index (κ2) is 5.99. The molecule has 1 atom stereocenters. The maximum Gasteiger partial charge on any atom is 0.244 e. The average Bonchev–Trinajstić information content (AvgIpc) is 3.19. The fourth-order valence-corrected chi connectivity index (χ4v) is 6.28. The zero-order chi connectivity index (χ0) is 15.0. The SMILES string of the molecule is Cc1csc(CNC2CC2)c1S(=O)(=O)N1CCCC(C)C1. The van der Waals surface area contributed by atoms with Gasteiger partial charge in [-0.15, -0.1) is 11.3 Å². The van der Waals surface area contributed by atoms with Crippen molar-refractivity contribution in [1.82, 2.24) is 9.62 Å². The molecule has 0 bridgehead atoms. The topological polar surface area (TPSA) is 49.4 Å². The van der Waals surface area contributed by atoms with Gasteiger partial charge in [0.05, 0.1) is 0 Å². The van der Waals surface area contributed by atoms with Crippen molar-refractivity contribution in [2.24, 2.45) is 5.92 Å². The van der Waals surface area contributed by atoms with E-state index in [1.54, 1.807) is 15.6 Å². The standard InChI is InChI=1S/C15H24N2O2S2/c1-11-4-3-7-17(9-11)21(18,19)15-12(2)10-20-14(15)8-16-13-5-6-13/h10-11,13,16H,3-9H2,1-2H3. The normalized spacial score (nSPS) is 24.4. The highest BCUT2D eigenvalue weighted by molar-refractivity contribution is 7.89. The maximum absolute atomic E-state index is 13.0. The van der Waals surface area contributed by atoms with Crippen LogP contribution in [0.15, 0.2) is 10.3 Å². The van der Waals surface area contributed by atoms with Gasteiger partial charge in [0.1, 0.15) is 4.90 Å². The van der Waals surface area contributed by atoms with Gasteiger partial charge in [-0.05, 0) is 49.5 Å². The molecular weight excluding hydrogens is 304 g/mol. The highest BCUT2D eigenvalue weighted by Gasteiger charge is 2.33. The summed E-state index contributed by atoms with van der Waals surface area (Å²) < 4.78 is 27.7. The lowest BCUT2D eigenvalue weighted by molar-refractivity contribution is 0.281. The molecule has 1 aliphatic carbocycles. The number of nitrogens with one attached hydrogen (secondary N) is 1. The molecule has 21 heavy (non-hydrogen) atoms. The van der Waals surface area contributed by atoms with E-state index in [9.17, 15) is 8.42 Å². The Morgan fingerprint density at radius 2 is 2.14 bits per heavy atom. The first-order valence-electron chi connectivity index (χ1n) is 7.79. The molecule has 1 aliphatic heterocycles. The van der Waals surface area contributed by atoms with E-state index in [0.29, 0.717) is 36.5 Å². The number of hydrogen-bond donors (Lipinski definition) is 1. The van der Waals surface area contributed by atoms with Crippen molar-refractivity contribution in [3.8, 4) is 0 Å². The minimum absolute atomic E-state index is 0.459. The Morgan fingerprint density at radius 3 is 2.81 bits per heavy atom. The lowest BCUT2D eigenvalue weighted by Gasteiger charge is -2.30. The van der Waals surface area contributed by atoms with Crippen molar-refractivity contribution < 1.29 is 8.42 Å². The van der Waals surface area contributed by atoms with E-state index >= 15 is 0 Å². The number of sulfonamides is 1. The van der Waals surface area contributed by atoms with Gasteiger partial charge >= 0.3 is 0 Å². The fourth-order valence-electron chi connectivity index (χ4n) is 2.97. The van der Waals surface area contributed by atoms with Crippen LogP contribution in [0.2, 0.25) is 0 Å². The van der Waals surface area contributed by atoms with Gasteiger partial charge < -0.3 is 5.32 Å². The minimum atomic E-state index is -3.34. The van der Waals surface area contributed by atoms with E-state index in [2.05, 4.69) is 12.2 Å². The predicted octanol–water partition coefficient (Wildman–Crippen LogP) is 2.73. The van der Waals surface area contributed by atoms with Crippen molar-refractivity contribution in [3.05, 3.63) is 15.8 Å². The molecule has 0 spiro atoms. The molecule has 2 heterocycles. The molecule has 1 saturated heterocycles. The van der Waals surface area contributed by atoms with Crippen molar-refractivity contribution in [2.45, 2.75) is 57.0 Å². The lowest BCUT2D eigenvalue weighted by atomic mass is 10.0. The zero-order valence-electron chi connectivity index (χ0n) is 12.8. The van der Waals surface area contributed by atoms with Crippen LogP contribution in [-0.2, 0) is 16.6 Å². The Labute approximate surface area is 131 Å². The molecule has 118 valence electrons. The molecule has 4 nitrogen and oxygen atoms in total. The maximum atomic E-state index is 13.0. The van der Waals surface area contributed by atoms with Crippen LogP contribution < -0.4 is 5.32 Å². The molecule has 2 aliphatic rings. The van der Waals surface area contributed by atoms with Crippen molar-refractivity contribution in [1.29, 1.82) is 0 Å². The summed E-state index contributed by atoms with van der Waals surface area (Å²) in [6.07, 6.45) is 4.54. The summed E-state index contributed by atoms with van der Waals surface area (Å²) in [5.41, 5.74) is 0.894. The number of piperidine rings is 1. The average molecular weight is 329 g/mol. The molecule has 1 aromatic heterocycles. The van der Waals surface area contributed by atoms with Crippen LogP contribution in [-0.4, -0.2) is 31.9 Å². The van der Waals surface area contributed by atoms with E-state index < -0.39 is 10.0 Å². The number of rotatable bonds is 5. The van der Waals surface area contributed by atoms with E-state index in [1.165, 1.54) is 12.8 Å².